The Morgan fingerprint density at radius 3 is 2.69 bits per heavy atom. The highest BCUT2D eigenvalue weighted by Gasteiger charge is 2.35. The van der Waals surface area contributed by atoms with Crippen LogP contribution < -0.4 is 5.32 Å². The van der Waals surface area contributed by atoms with Crippen molar-refractivity contribution in [1.29, 1.82) is 0 Å². The zero-order valence-corrected chi connectivity index (χ0v) is 10.9. The van der Waals surface area contributed by atoms with E-state index in [1.54, 1.807) is 0 Å². The van der Waals surface area contributed by atoms with Crippen LogP contribution in [0.4, 0.5) is 0 Å². The summed E-state index contributed by atoms with van der Waals surface area (Å²) in [6.07, 6.45) is 9.29. The number of rotatable bonds is 2. The monoisotopic (exact) mass is 222 g/mol. The number of hydrogen-bond donors (Lipinski definition) is 1. The largest absolute Gasteiger partial charge is 0.310 e. The quantitative estimate of drug-likeness (QED) is 0.722. The molecule has 1 aliphatic heterocycles. The van der Waals surface area contributed by atoms with Gasteiger partial charge in [0.25, 0.3) is 0 Å². The van der Waals surface area contributed by atoms with Crippen LogP contribution in [0.3, 0.4) is 0 Å². The first-order chi connectivity index (χ1) is 7.70. The molecule has 1 spiro atoms. The van der Waals surface area contributed by atoms with Crippen molar-refractivity contribution >= 4 is 0 Å². The lowest BCUT2D eigenvalue weighted by atomic mass is 9.97. The van der Waals surface area contributed by atoms with Gasteiger partial charge in [-0.1, -0.05) is 24.5 Å². The lowest BCUT2D eigenvalue weighted by Crippen LogP contribution is -2.49. The maximum absolute atomic E-state index is 3.81. The smallest absolute Gasteiger partial charge is 0.0308 e. The second kappa shape index (κ2) is 5.33. The third-order valence-electron chi connectivity index (χ3n) is 4.00. The molecule has 0 atom stereocenters. The molecule has 0 amide bonds. The summed E-state index contributed by atoms with van der Waals surface area (Å²) in [4.78, 5) is 2.64. The van der Waals surface area contributed by atoms with E-state index in [9.17, 15) is 0 Å². The maximum atomic E-state index is 3.81. The standard InChI is InChI=1S/C14H26N2/c1-13(2)6-11-16-10-5-9-15-14(12-16)7-3-4-8-14/h6,15H,3-5,7-12H2,1-2H3. The second-order valence-electron chi connectivity index (χ2n) is 5.78. The van der Waals surface area contributed by atoms with Crippen molar-refractivity contribution in [2.75, 3.05) is 26.2 Å². The van der Waals surface area contributed by atoms with Crippen LogP contribution in [0.25, 0.3) is 0 Å². The first kappa shape index (κ1) is 12.1. The fourth-order valence-corrected chi connectivity index (χ4v) is 3.07. The Morgan fingerprint density at radius 2 is 2.00 bits per heavy atom. The first-order valence-corrected chi connectivity index (χ1v) is 6.81. The van der Waals surface area contributed by atoms with E-state index in [1.165, 1.54) is 57.3 Å². The van der Waals surface area contributed by atoms with Crippen molar-refractivity contribution in [2.24, 2.45) is 0 Å². The van der Waals surface area contributed by atoms with Crippen LogP contribution in [0, 0.1) is 0 Å². The van der Waals surface area contributed by atoms with Gasteiger partial charge < -0.3 is 5.32 Å². The summed E-state index contributed by atoms with van der Waals surface area (Å²) in [5, 5.41) is 3.81. The molecule has 92 valence electrons. The summed E-state index contributed by atoms with van der Waals surface area (Å²) < 4.78 is 0. The number of allylic oxidation sites excluding steroid dienone is 1. The van der Waals surface area contributed by atoms with Crippen molar-refractivity contribution in [2.45, 2.75) is 51.5 Å². The molecule has 0 bridgehead atoms. The van der Waals surface area contributed by atoms with Gasteiger partial charge in [-0.2, -0.15) is 0 Å². The molecule has 2 fully saturated rings. The predicted molar refractivity (Wildman–Crippen MR) is 69.7 cm³/mol. The van der Waals surface area contributed by atoms with Gasteiger partial charge in [0.05, 0.1) is 0 Å². The van der Waals surface area contributed by atoms with E-state index < -0.39 is 0 Å². The summed E-state index contributed by atoms with van der Waals surface area (Å²) in [6, 6.07) is 0. The van der Waals surface area contributed by atoms with Gasteiger partial charge in [0.2, 0.25) is 0 Å². The Kier molecular flexibility index (Phi) is 4.04. The zero-order chi connectivity index (χ0) is 11.4. The SMILES string of the molecule is CC(C)=CCN1CCCNC2(CCCC2)C1. The van der Waals surface area contributed by atoms with Crippen LogP contribution in [-0.2, 0) is 0 Å². The summed E-state index contributed by atoms with van der Waals surface area (Å²) in [5.74, 6) is 0. The van der Waals surface area contributed by atoms with Gasteiger partial charge in [0.15, 0.2) is 0 Å². The molecule has 2 aliphatic rings. The van der Waals surface area contributed by atoms with Gasteiger partial charge in [-0.05, 0) is 46.2 Å². The van der Waals surface area contributed by atoms with Gasteiger partial charge in [-0.3, -0.25) is 4.90 Å². The third-order valence-corrected chi connectivity index (χ3v) is 4.00. The molecular formula is C14H26N2. The molecule has 1 aliphatic carbocycles. The molecule has 1 saturated carbocycles. The molecule has 1 heterocycles. The Balaban J connectivity index is 1.95. The highest BCUT2D eigenvalue weighted by Crippen LogP contribution is 2.31. The lowest BCUT2D eigenvalue weighted by molar-refractivity contribution is 0.226. The molecular weight excluding hydrogens is 196 g/mol. The van der Waals surface area contributed by atoms with Crippen molar-refractivity contribution < 1.29 is 0 Å². The highest BCUT2D eigenvalue weighted by atomic mass is 15.2. The molecule has 16 heavy (non-hydrogen) atoms. The molecule has 2 nitrogen and oxygen atoms in total. The fourth-order valence-electron chi connectivity index (χ4n) is 3.07. The molecule has 0 unspecified atom stereocenters. The van der Waals surface area contributed by atoms with E-state index in [0.29, 0.717) is 5.54 Å². The average molecular weight is 222 g/mol. The van der Waals surface area contributed by atoms with E-state index in [-0.39, 0.29) is 0 Å². The van der Waals surface area contributed by atoms with Crippen LogP contribution in [-0.4, -0.2) is 36.6 Å². The first-order valence-electron chi connectivity index (χ1n) is 6.81. The Morgan fingerprint density at radius 1 is 1.25 bits per heavy atom. The van der Waals surface area contributed by atoms with Crippen molar-refractivity contribution in [3.8, 4) is 0 Å². The third kappa shape index (κ3) is 3.08. The summed E-state index contributed by atoms with van der Waals surface area (Å²) in [5.41, 5.74) is 1.91. The minimum atomic E-state index is 0.464. The molecule has 1 N–H and O–H groups in total. The number of nitrogens with zero attached hydrogens (tertiary/aromatic N) is 1. The van der Waals surface area contributed by atoms with Crippen LogP contribution in [0.2, 0.25) is 0 Å². The lowest BCUT2D eigenvalue weighted by Gasteiger charge is -2.33. The van der Waals surface area contributed by atoms with Crippen molar-refractivity contribution in [3.63, 3.8) is 0 Å². The Labute approximate surface area is 100 Å². The van der Waals surface area contributed by atoms with E-state index in [0.717, 1.165) is 6.54 Å². The Bertz CT molecular complexity index is 247. The minimum absolute atomic E-state index is 0.464. The van der Waals surface area contributed by atoms with E-state index in [2.05, 4.69) is 30.1 Å². The fraction of sp³-hybridized carbons (Fsp3) is 0.857. The van der Waals surface area contributed by atoms with Gasteiger partial charge >= 0.3 is 0 Å². The van der Waals surface area contributed by atoms with E-state index >= 15 is 0 Å². The molecule has 0 aromatic heterocycles. The van der Waals surface area contributed by atoms with Crippen LogP contribution in [0.5, 0.6) is 0 Å². The normalized spacial score (nSPS) is 25.6. The van der Waals surface area contributed by atoms with E-state index in [1.807, 2.05) is 0 Å². The summed E-state index contributed by atoms with van der Waals surface area (Å²) in [6.45, 7) is 9.27. The van der Waals surface area contributed by atoms with Crippen LogP contribution >= 0.6 is 0 Å². The van der Waals surface area contributed by atoms with Gasteiger partial charge in [0, 0.05) is 18.6 Å². The summed E-state index contributed by atoms with van der Waals surface area (Å²) >= 11 is 0. The molecule has 0 aromatic carbocycles. The number of nitrogens with one attached hydrogen (secondary N) is 1. The van der Waals surface area contributed by atoms with Crippen molar-refractivity contribution in [3.05, 3.63) is 11.6 Å². The predicted octanol–water partition coefficient (Wildman–Crippen LogP) is 2.56. The van der Waals surface area contributed by atoms with E-state index in [4.69, 9.17) is 0 Å². The van der Waals surface area contributed by atoms with Gasteiger partial charge in [0.1, 0.15) is 0 Å². The molecule has 2 heteroatoms. The average Bonchev–Trinajstić information content (AvgIpc) is 2.58. The zero-order valence-electron chi connectivity index (χ0n) is 10.9. The second-order valence-corrected chi connectivity index (χ2v) is 5.78. The molecule has 1 saturated heterocycles. The molecule has 0 aromatic rings. The van der Waals surface area contributed by atoms with Crippen LogP contribution in [0.1, 0.15) is 46.0 Å². The van der Waals surface area contributed by atoms with Crippen LogP contribution in [0.15, 0.2) is 11.6 Å². The van der Waals surface area contributed by atoms with Gasteiger partial charge in [-0.25, -0.2) is 0 Å². The number of hydrogen-bond acceptors (Lipinski definition) is 2. The molecule has 0 radical (unpaired) electrons. The van der Waals surface area contributed by atoms with Gasteiger partial charge in [-0.15, -0.1) is 0 Å². The molecule has 2 rings (SSSR count). The minimum Gasteiger partial charge on any atom is -0.310 e. The topological polar surface area (TPSA) is 15.3 Å². The highest BCUT2D eigenvalue weighted by molar-refractivity contribution is 5.00. The Hall–Kier alpha value is -0.340. The van der Waals surface area contributed by atoms with Crippen molar-refractivity contribution in [1.82, 2.24) is 10.2 Å². The summed E-state index contributed by atoms with van der Waals surface area (Å²) in [7, 11) is 0. The maximum Gasteiger partial charge on any atom is 0.0308 e.